The number of hydrogen-bond donors (Lipinski definition) is 0. The predicted octanol–water partition coefficient (Wildman–Crippen LogP) is 3.68. The third-order valence-corrected chi connectivity index (χ3v) is 5.37. The Morgan fingerprint density at radius 2 is 1.67 bits per heavy atom. The van der Waals surface area contributed by atoms with Crippen LogP contribution in [0, 0.1) is 0 Å². The highest BCUT2D eigenvalue weighted by molar-refractivity contribution is 7.92. The van der Waals surface area contributed by atoms with E-state index in [1.54, 1.807) is 54.6 Å². The number of nitrogens with zero attached hydrogens (tertiary/aromatic N) is 1. The van der Waals surface area contributed by atoms with E-state index in [0.717, 1.165) is 0 Å². The van der Waals surface area contributed by atoms with Crippen LogP contribution in [0.2, 0.25) is 0 Å². The Morgan fingerprint density at radius 1 is 0.958 bits per heavy atom. The first-order chi connectivity index (χ1) is 11.6. The molecule has 6 heteroatoms. The summed E-state index contributed by atoms with van der Waals surface area (Å²) in [6.07, 6.45) is 1.52. The molecule has 0 unspecified atom stereocenters. The Bertz CT molecular complexity index is 890. The van der Waals surface area contributed by atoms with E-state index in [0.29, 0.717) is 17.2 Å². The highest BCUT2D eigenvalue weighted by Crippen LogP contribution is 2.31. The molecule has 0 saturated carbocycles. The second-order valence-corrected chi connectivity index (χ2v) is 6.91. The van der Waals surface area contributed by atoms with Gasteiger partial charge in [0.15, 0.2) is 0 Å². The van der Waals surface area contributed by atoms with Gasteiger partial charge in [0, 0.05) is 0 Å². The number of hydrogen-bond acceptors (Lipinski definition) is 4. The van der Waals surface area contributed by atoms with Crippen LogP contribution in [0.4, 0.5) is 5.69 Å². The van der Waals surface area contributed by atoms with Crippen molar-refractivity contribution in [2.45, 2.75) is 11.4 Å². The summed E-state index contributed by atoms with van der Waals surface area (Å²) in [6.45, 7) is 0.0946. The van der Waals surface area contributed by atoms with Crippen molar-refractivity contribution in [1.29, 1.82) is 0 Å². The van der Waals surface area contributed by atoms with Crippen molar-refractivity contribution >= 4 is 15.7 Å². The zero-order chi connectivity index (χ0) is 17.0. The molecule has 0 aliphatic heterocycles. The molecule has 0 radical (unpaired) electrons. The fourth-order valence-electron chi connectivity index (χ4n) is 2.40. The second kappa shape index (κ2) is 6.80. The highest BCUT2D eigenvalue weighted by atomic mass is 32.2. The second-order valence-electron chi connectivity index (χ2n) is 5.08. The SMILES string of the molecule is COc1ccccc1S(=O)(=O)N(Cc1ccco1)c1ccccc1. The molecule has 0 saturated heterocycles. The van der Waals surface area contributed by atoms with Gasteiger partial charge in [0.05, 0.1) is 25.6 Å². The molecule has 0 fully saturated rings. The minimum Gasteiger partial charge on any atom is -0.495 e. The quantitative estimate of drug-likeness (QED) is 0.685. The molecule has 0 aliphatic carbocycles. The maximum atomic E-state index is 13.2. The molecule has 3 aromatic rings. The van der Waals surface area contributed by atoms with E-state index < -0.39 is 10.0 Å². The Hall–Kier alpha value is -2.73. The topological polar surface area (TPSA) is 59.8 Å². The molecular weight excluding hydrogens is 326 g/mol. The van der Waals surface area contributed by atoms with Gasteiger partial charge in [-0.25, -0.2) is 8.42 Å². The number of ether oxygens (including phenoxy) is 1. The van der Waals surface area contributed by atoms with Crippen LogP contribution < -0.4 is 9.04 Å². The van der Waals surface area contributed by atoms with Gasteiger partial charge in [0.2, 0.25) is 0 Å². The van der Waals surface area contributed by atoms with Crippen molar-refractivity contribution in [3.05, 3.63) is 78.8 Å². The van der Waals surface area contributed by atoms with Crippen LogP contribution in [0.15, 0.2) is 82.3 Å². The van der Waals surface area contributed by atoms with Gasteiger partial charge in [-0.05, 0) is 36.4 Å². The number of methoxy groups -OCH3 is 1. The third-order valence-electron chi connectivity index (χ3n) is 3.56. The van der Waals surface area contributed by atoms with Crippen LogP contribution in [0.5, 0.6) is 5.75 Å². The van der Waals surface area contributed by atoms with E-state index in [-0.39, 0.29) is 11.4 Å². The number of sulfonamides is 1. The standard InChI is InChI=1S/C18H17NO4S/c1-22-17-11-5-6-12-18(17)24(20,21)19(14-16-10-7-13-23-16)15-8-3-2-4-9-15/h2-13H,14H2,1H3. The van der Waals surface area contributed by atoms with E-state index in [1.807, 2.05) is 6.07 Å². The molecule has 124 valence electrons. The summed E-state index contributed by atoms with van der Waals surface area (Å²) < 4.78 is 38.4. The first kappa shape index (κ1) is 16.1. The van der Waals surface area contributed by atoms with Crippen LogP contribution in [0.1, 0.15) is 5.76 Å². The van der Waals surface area contributed by atoms with Gasteiger partial charge in [-0.2, -0.15) is 0 Å². The number of benzene rings is 2. The van der Waals surface area contributed by atoms with Gasteiger partial charge in [0.1, 0.15) is 16.4 Å². The van der Waals surface area contributed by atoms with E-state index in [9.17, 15) is 8.42 Å². The van der Waals surface area contributed by atoms with Gasteiger partial charge in [-0.3, -0.25) is 4.31 Å². The number of furan rings is 1. The van der Waals surface area contributed by atoms with Crippen molar-refractivity contribution < 1.29 is 17.6 Å². The van der Waals surface area contributed by atoms with Gasteiger partial charge in [0.25, 0.3) is 10.0 Å². The molecular formula is C18H17NO4S. The molecule has 0 spiro atoms. The molecule has 0 amide bonds. The lowest BCUT2D eigenvalue weighted by Crippen LogP contribution is -2.30. The zero-order valence-electron chi connectivity index (χ0n) is 13.1. The van der Waals surface area contributed by atoms with Crippen LogP contribution in [-0.4, -0.2) is 15.5 Å². The average molecular weight is 343 g/mol. The summed E-state index contributed by atoms with van der Waals surface area (Å²) in [5.74, 6) is 0.857. The van der Waals surface area contributed by atoms with Crippen LogP contribution >= 0.6 is 0 Å². The largest absolute Gasteiger partial charge is 0.495 e. The number of rotatable bonds is 6. The lowest BCUT2D eigenvalue weighted by molar-refractivity contribution is 0.402. The molecule has 1 aromatic heterocycles. The maximum Gasteiger partial charge on any atom is 0.268 e. The number of para-hydroxylation sites is 2. The van der Waals surface area contributed by atoms with Crippen LogP contribution in [-0.2, 0) is 16.6 Å². The monoisotopic (exact) mass is 343 g/mol. The summed E-state index contributed by atoms with van der Waals surface area (Å²) in [6, 6.07) is 19.0. The van der Waals surface area contributed by atoms with Crippen molar-refractivity contribution in [3.63, 3.8) is 0 Å². The van der Waals surface area contributed by atoms with Gasteiger partial charge >= 0.3 is 0 Å². The molecule has 3 rings (SSSR count). The van der Waals surface area contributed by atoms with Crippen molar-refractivity contribution in [1.82, 2.24) is 0 Å². The fraction of sp³-hybridized carbons (Fsp3) is 0.111. The van der Waals surface area contributed by atoms with Crippen LogP contribution in [0.3, 0.4) is 0 Å². The highest BCUT2D eigenvalue weighted by Gasteiger charge is 2.28. The maximum absolute atomic E-state index is 13.2. The Balaban J connectivity index is 2.10. The molecule has 0 N–H and O–H groups in total. The normalized spacial score (nSPS) is 11.2. The summed E-state index contributed by atoms with van der Waals surface area (Å²) in [5.41, 5.74) is 0.555. The molecule has 2 aromatic carbocycles. The summed E-state index contributed by atoms with van der Waals surface area (Å²) in [5, 5.41) is 0. The van der Waals surface area contributed by atoms with E-state index in [4.69, 9.17) is 9.15 Å². The summed E-state index contributed by atoms with van der Waals surface area (Å²) in [7, 11) is -2.37. The Morgan fingerprint density at radius 3 is 2.33 bits per heavy atom. The summed E-state index contributed by atoms with van der Waals surface area (Å²) >= 11 is 0. The van der Waals surface area contributed by atoms with Crippen molar-refractivity contribution in [3.8, 4) is 5.75 Å². The summed E-state index contributed by atoms with van der Waals surface area (Å²) in [4.78, 5) is 0.114. The lowest BCUT2D eigenvalue weighted by Gasteiger charge is -2.24. The molecule has 24 heavy (non-hydrogen) atoms. The first-order valence-electron chi connectivity index (χ1n) is 7.36. The van der Waals surface area contributed by atoms with Gasteiger partial charge in [-0.15, -0.1) is 0 Å². The van der Waals surface area contributed by atoms with E-state index in [2.05, 4.69) is 0 Å². The lowest BCUT2D eigenvalue weighted by atomic mass is 10.3. The number of anilines is 1. The smallest absolute Gasteiger partial charge is 0.268 e. The average Bonchev–Trinajstić information content (AvgIpc) is 3.13. The molecule has 5 nitrogen and oxygen atoms in total. The molecule has 0 bridgehead atoms. The van der Waals surface area contributed by atoms with E-state index >= 15 is 0 Å². The Kier molecular flexibility index (Phi) is 4.57. The van der Waals surface area contributed by atoms with Crippen LogP contribution in [0.25, 0.3) is 0 Å². The molecule has 1 heterocycles. The van der Waals surface area contributed by atoms with E-state index in [1.165, 1.54) is 23.7 Å². The first-order valence-corrected chi connectivity index (χ1v) is 8.80. The van der Waals surface area contributed by atoms with Gasteiger partial charge in [-0.1, -0.05) is 30.3 Å². The van der Waals surface area contributed by atoms with Crippen molar-refractivity contribution in [2.75, 3.05) is 11.4 Å². The van der Waals surface area contributed by atoms with Crippen molar-refractivity contribution in [2.24, 2.45) is 0 Å². The zero-order valence-corrected chi connectivity index (χ0v) is 13.9. The predicted molar refractivity (Wildman–Crippen MR) is 91.5 cm³/mol. The van der Waals surface area contributed by atoms with Gasteiger partial charge < -0.3 is 9.15 Å². The fourth-order valence-corrected chi connectivity index (χ4v) is 3.99. The minimum atomic E-state index is -3.82. The minimum absolute atomic E-state index is 0.0946. The molecule has 0 atom stereocenters. The molecule has 0 aliphatic rings. The third kappa shape index (κ3) is 3.14. The Labute approximate surface area is 141 Å².